The van der Waals surface area contributed by atoms with Gasteiger partial charge in [-0.05, 0) is 59.7 Å². The van der Waals surface area contributed by atoms with E-state index in [0.717, 1.165) is 33.3 Å². The minimum atomic E-state index is -0.240. The molecule has 39 heavy (non-hydrogen) atoms. The molecule has 1 heterocycles. The molecule has 0 bridgehead atoms. The standard InChI is InChI=1S/C30H27N5O3S/c1-20(22-14-13-21-9-7-8-10-23(21)17-22)31-32-28(36)19-39-30-34-33-29(35(30)25-11-5-4-6-12-25)24-15-16-26(37-2)27(18-24)38-3/h4-18H,19H2,1-3H3,(H,32,36)/b31-20-. The number of fused-ring (bicyclic) bond motifs is 1. The van der Waals surface area contributed by atoms with Gasteiger partial charge in [0.1, 0.15) is 0 Å². The van der Waals surface area contributed by atoms with E-state index in [0.29, 0.717) is 22.5 Å². The lowest BCUT2D eigenvalue weighted by Crippen LogP contribution is -2.21. The van der Waals surface area contributed by atoms with Crippen molar-refractivity contribution in [3.63, 3.8) is 0 Å². The summed E-state index contributed by atoms with van der Waals surface area (Å²) in [6.07, 6.45) is 0. The Hall–Kier alpha value is -4.63. The highest BCUT2D eigenvalue weighted by atomic mass is 32.2. The number of hydrazone groups is 1. The molecule has 0 saturated heterocycles. The molecular formula is C30H27N5O3S. The summed E-state index contributed by atoms with van der Waals surface area (Å²) in [6.45, 7) is 1.87. The molecule has 9 heteroatoms. The van der Waals surface area contributed by atoms with Gasteiger partial charge in [-0.2, -0.15) is 5.10 Å². The van der Waals surface area contributed by atoms with Gasteiger partial charge in [-0.15, -0.1) is 10.2 Å². The predicted octanol–water partition coefficient (Wildman–Crippen LogP) is 5.74. The van der Waals surface area contributed by atoms with Crippen LogP contribution in [0.15, 0.2) is 101 Å². The van der Waals surface area contributed by atoms with Crippen molar-refractivity contribution < 1.29 is 14.3 Å². The molecule has 1 aromatic heterocycles. The van der Waals surface area contributed by atoms with Crippen LogP contribution in [0.2, 0.25) is 0 Å². The van der Waals surface area contributed by atoms with E-state index in [-0.39, 0.29) is 11.7 Å². The van der Waals surface area contributed by atoms with Crippen molar-refractivity contribution in [3.8, 4) is 28.6 Å². The van der Waals surface area contributed by atoms with Gasteiger partial charge in [-0.3, -0.25) is 9.36 Å². The summed E-state index contributed by atoms with van der Waals surface area (Å²) in [5, 5.41) is 16.0. The van der Waals surface area contributed by atoms with E-state index in [2.05, 4.69) is 38.9 Å². The van der Waals surface area contributed by atoms with Crippen LogP contribution in [-0.2, 0) is 4.79 Å². The molecule has 0 unspecified atom stereocenters. The normalized spacial score (nSPS) is 11.4. The van der Waals surface area contributed by atoms with E-state index in [1.807, 2.05) is 84.3 Å². The van der Waals surface area contributed by atoms with Gasteiger partial charge in [-0.1, -0.05) is 66.4 Å². The average molecular weight is 538 g/mol. The monoisotopic (exact) mass is 537 g/mol. The zero-order valence-corrected chi connectivity index (χ0v) is 22.6. The molecule has 0 aliphatic rings. The van der Waals surface area contributed by atoms with Crippen LogP contribution in [0.3, 0.4) is 0 Å². The lowest BCUT2D eigenvalue weighted by atomic mass is 10.0. The Morgan fingerprint density at radius 2 is 1.62 bits per heavy atom. The number of carbonyl (C=O) groups excluding carboxylic acids is 1. The van der Waals surface area contributed by atoms with E-state index in [1.54, 1.807) is 14.2 Å². The summed E-state index contributed by atoms with van der Waals surface area (Å²) in [6, 6.07) is 29.6. The highest BCUT2D eigenvalue weighted by Gasteiger charge is 2.19. The second-order valence-electron chi connectivity index (χ2n) is 8.63. The smallest absolute Gasteiger partial charge is 0.250 e. The van der Waals surface area contributed by atoms with Crippen molar-refractivity contribution in [1.82, 2.24) is 20.2 Å². The molecule has 0 atom stereocenters. The van der Waals surface area contributed by atoms with E-state index < -0.39 is 0 Å². The molecule has 4 aromatic carbocycles. The number of aromatic nitrogens is 3. The number of hydrogen-bond donors (Lipinski definition) is 1. The van der Waals surface area contributed by atoms with Crippen molar-refractivity contribution in [1.29, 1.82) is 0 Å². The maximum atomic E-state index is 12.7. The number of hydrogen-bond acceptors (Lipinski definition) is 7. The van der Waals surface area contributed by atoms with Crippen LogP contribution in [-0.4, -0.2) is 46.4 Å². The minimum absolute atomic E-state index is 0.116. The number of carbonyl (C=O) groups is 1. The van der Waals surface area contributed by atoms with Crippen LogP contribution >= 0.6 is 11.8 Å². The van der Waals surface area contributed by atoms with Gasteiger partial charge in [0.2, 0.25) is 0 Å². The predicted molar refractivity (Wildman–Crippen MR) is 155 cm³/mol. The van der Waals surface area contributed by atoms with Gasteiger partial charge < -0.3 is 9.47 Å². The summed E-state index contributed by atoms with van der Waals surface area (Å²) >= 11 is 1.28. The van der Waals surface area contributed by atoms with Gasteiger partial charge in [-0.25, -0.2) is 5.43 Å². The number of benzene rings is 4. The van der Waals surface area contributed by atoms with Gasteiger partial charge in [0, 0.05) is 11.3 Å². The van der Waals surface area contributed by atoms with E-state index in [1.165, 1.54) is 11.8 Å². The molecule has 1 N–H and O–H groups in total. The van der Waals surface area contributed by atoms with E-state index in [4.69, 9.17) is 9.47 Å². The number of amides is 1. The third-order valence-electron chi connectivity index (χ3n) is 6.14. The third-order valence-corrected chi connectivity index (χ3v) is 7.07. The van der Waals surface area contributed by atoms with Crippen molar-refractivity contribution in [2.24, 2.45) is 5.10 Å². The first-order valence-electron chi connectivity index (χ1n) is 12.3. The summed E-state index contributed by atoms with van der Waals surface area (Å²) < 4.78 is 12.8. The molecule has 0 radical (unpaired) electrons. The Balaban J connectivity index is 1.34. The molecule has 0 fully saturated rings. The van der Waals surface area contributed by atoms with E-state index in [9.17, 15) is 4.79 Å². The van der Waals surface area contributed by atoms with Crippen LogP contribution in [0.1, 0.15) is 12.5 Å². The summed E-state index contributed by atoms with van der Waals surface area (Å²) in [5.74, 6) is 1.71. The van der Waals surface area contributed by atoms with Crippen molar-refractivity contribution in [3.05, 3.63) is 96.6 Å². The lowest BCUT2D eigenvalue weighted by Gasteiger charge is -2.12. The summed E-state index contributed by atoms with van der Waals surface area (Å²) in [4.78, 5) is 12.7. The Labute approximate surface area is 230 Å². The second-order valence-corrected chi connectivity index (χ2v) is 9.57. The molecule has 196 valence electrons. The van der Waals surface area contributed by atoms with Crippen molar-refractivity contribution in [2.75, 3.05) is 20.0 Å². The fourth-order valence-electron chi connectivity index (χ4n) is 4.12. The highest BCUT2D eigenvalue weighted by molar-refractivity contribution is 7.99. The Morgan fingerprint density at radius 1 is 0.872 bits per heavy atom. The Bertz CT molecular complexity index is 1650. The first-order valence-corrected chi connectivity index (χ1v) is 13.2. The quantitative estimate of drug-likeness (QED) is 0.147. The molecular weight excluding hydrogens is 510 g/mol. The number of rotatable bonds is 9. The Morgan fingerprint density at radius 3 is 2.38 bits per heavy atom. The first kappa shape index (κ1) is 26.0. The van der Waals surface area contributed by atoms with Gasteiger partial charge in [0.15, 0.2) is 22.5 Å². The average Bonchev–Trinajstić information content (AvgIpc) is 3.42. The highest BCUT2D eigenvalue weighted by Crippen LogP contribution is 2.34. The number of para-hydroxylation sites is 1. The van der Waals surface area contributed by atoms with Crippen molar-refractivity contribution in [2.45, 2.75) is 12.1 Å². The summed E-state index contributed by atoms with van der Waals surface area (Å²) in [5.41, 5.74) is 6.02. The molecule has 0 saturated carbocycles. The molecule has 0 spiro atoms. The van der Waals surface area contributed by atoms with Crippen LogP contribution in [0.25, 0.3) is 27.8 Å². The molecule has 5 aromatic rings. The van der Waals surface area contributed by atoms with E-state index >= 15 is 0 Å². The Kier molecular flexibility index (Phi) is 7.88. The van der Waals surface area contributed by atoms with Gasteiger partial charge >= 0.3 is 0 Å². The third kappa shape index (κ3) is 5.78. The zero-order valence-electron chi connectivity index (χ0n) is 21.8. The van der Waals surface area contributed by atoms with Crippen LogP contribution < -0.4 is 14.9 Å². The zero-order chi connectivity index (χ0) is 27.2. The largest absolute Gasteiger partial charge is 0.493 e. The van der Waals surface area contributed by atoms with Gasteiger partial charge in [0.25, 0.3) is 5.91 Å². The maximum Gasteiger partial charge on any atom is 0.250 e. The number of nitrogens with one attached hydrogen (secondary N) is 1. The number of thioether (sulfide) groups is 1. The molecule has 5 rings (SSSR count). The molecule has 0 aliphatic heterocycles. The minimum Gasteiger partial charge on any atom is -0.493 e. The number of methoxy groups -OCH3 is 2. The molecule has 0 aliphatic carbocycles. The topological polar surface area (TPSA) is 90.6 Å². The summed E-state index contributed by atoms with van der Waals surface area (Å²) in [7, 11) is 3.19. The second kappa shape index (κ2) is 11.8. The van der Waals surface area contributed by atoms with Crippen LogP contribution in [0, 0.1) is 0 Å². The SMILES string of the molecule is COc1ccc(-c2nnc(SCC(=O)N/N=C(/C)c3ccc4ccccc4c3)n2-c2ccccc2)cc1OC. The number of ether oxygens (including phenoxy) is 2. The molecule has 8 nitrogen and oxygen atoms in total. The van der Waals surface area contributed by atoms with Crippen LogP contribution in [0.4, 0.5) is 0 Å². The lowest BCUT2D eigenvalue weighted by molar-refractivity contribution is -0.118. The fraction of sp³-hybridized carbons (Fsp3) is 0.133. The van der Waals surface area contributed by atoms with Crippen molar-refractivity contribution >= 4 is 34.2 Å². The van der Waals surface area contributed by atoms with Crippen LogP contribution in [0.5, 0.6) is 11.5 Å². The first-order chi connectivity index (χ1) is 19.1. The maximum absolute atomic E-state index is 12.7. The fourth-order valence-corrected chi connectivity index (χ4v) is 4.87. The van der Waals surface area contributed by atoms with Gasteiger partial charge in [0.05, 0.1) is 25.7 Å². The number of nitrogens with zero attached hydrogens (tertiary/aromatic N) is 4. The molecule has 1 amide bonds.